The van der Waals surface area contributed by atoms with Gasteiger partial charge in [0.2, 0.25) is 0 Å². The molecule has 1 heterocycles. The molecule has 0 unspecified atom stereocenters. The van der Waals surface area contributed by atoms with Gasteiger partial charge in [-0.15, -0.1) is 11.3 Å². The van der Waals surface area contributed by atoms with Gasteiger partial charge in [-0.05, 0) is 48.6 Å². The highest BCUT2D eigenvalue weighted by molar-refractivity contribution is 7.11. The molecule has 15 heavy (non-hydrogen) atoms. The Hall–Kier alpha value is -0.410. The van der Waals surface area contributed by atoms with Crippen LogP contribution in [-0.2, 0) is 5.54 Å². The van der Waals surface area contributed by atoms with Crippen molar-refractivity contribution in [2.75, 3.05) is 7.05 Å². The van der Waals surface area contributed by atoms with E-state index in [0.29, 0.717) is 6.04 Å². The summed E-state index contributed by atoms with van der Waals surface area (Å²) in [5.41, 5.74) is 1.25. The maximum atomic E-state index is 4.51. The molecule has 1 aromatic rings. The second-order valence-electron chi connectivity index (χ2n) is 4.91. The molecule has 0 bridgehead atoms. The molecule has 86 valence electrons. The Balaban J connectivity index is 3.10. The molecule has 0 amide bonds. The molecule has 0 aliphatic heterocycles. The average molecular weight is 226 g/mol. The molecule has 0 saturated heterocycles. The van der Waals surface area contributed by atoms with Gasteiger partial charge < -0.3 is 0 Å². The van der Waals surface area contributed by atoms with E-state index in [-0.39, 0.29) is 5.54 Å². The van der Waals surface area contributed by atoms with Gasteiger partial charge in [-0.3, -0.25) is 4.90 Å². The van der Waals surface area contributed by atoms with Crippen molar-refractivity contribution in [2.24, 2.45) is 0 Å². The number of nitrogens with zero attached hydrogens (tertiary/aromatic N) is 2. The van der Waals surface area contributed by atoms with Gasteiger partial charge in [0.05, 0.1) is 16.2 Å². The monoisotopic (exact) mass is 226 g/mol. The highest BCUT2D eigenvalue weighted by Gasteiger charge is 2.31. The minimum atomic E-state index is 0.0736. The maximum absolute atomic E-state index is 4.51. The quantitative estimate of drug-likeness (QED) is 0.786. The van der Waals surface area contributed by atoms with Crippen LogP contribution in [0, 0.1) is 13.8 Å². The Labute approximate surface area is 97.3 Å². The number of thiazole rings is 1. The van der Waals surface area contributed by atoms with Gasteiger partial charge in [0, 0.05) is 10.9 Å². The highest BCUT2D eigenvalue weighted by atomic mass is 32.1. The Morgan fingerprint density at radius 2 is 1.80 bits per heavy atom. The molecule has 1 rings (SSSR count). The molecule has 0 aliphatic rings. The third-order valence-electron chi connectivity index (χ3n) is 3.12. The van der Waals surface area contributed by atoms with E-state index in [1.807, 2.05) is 11.3 Å². The first-order valence-electron chi connectivity index (χ1n) is 5.44. The lowest BCUT2D eigenvalue weighted by atomic mass is 9.98. The second-order valence-corrected chi connectivity index (χ2v) is 6.11. The van der Waals surface area contributed by atoms with E-state index < -0.39 is 0 Å². The van der Waals surface area contributed by atoms with Crippen LogP contribution >= 0.6 is 11.3 Å². The third kappa shape index (κ3) is 2.40. The molecular formula is C12H22N2S. The van der Waals surface area contributed by atoms with Crippen LogP contribution < -0.4 is 0 Å². The van der Waals surface area contributed by atoms with Crippen molar-refractivity contribution < 1.29 is 0 Å². The van der Waals surface area contributed by atoms with Crippen molar-refractivity contribution in [3.63, 3.8) is 0 Å². The molecule has 0 N–H and O–H groups in total. The zero-order chi connectivity index (χ0) is 11.8. The number of hydrogen-bond acceptors (Lipinski definition) is 3. The van der Waals surface area contributed by atoms with E-state index in [9.17, 15) is 0 Å². The molecule has 0 fully saturated rings. The summed E-state index contributed by atoms with van der Waals surface area (Å²) in [5.74, 6) is 0. The minimum Gasteiger partial charge on any atom is -0.294 e. The predicted molar refractivity (Wildman–Crippen MR) is 67.5 cm³/mol. The lowest BCUT2D eigenvalue weighted by Gasteiger charge is -2.38. The van der Waals surface area contributed by atoms with Gasteiger partial charge in [-0.25, -0.2) is 4.98 Å². The molecular weight excluding hydrogens is 204 g/mol. The summed E-state index contributed by atoms with van der Waals surface area (Å²) in [6, 6.07) is 0.543. The summed E-state index contributed by atoms with van der Waals surface area (Å²) in [7, 11) is 2.18. The van der Waals surface area contributed by atoms with Gasteiger partial charge >= 0.3 is 0 Å². The molecule has 2 nitrogen and oxygen atoms in total. The van der Waals surface area contributed by atoms with Gasteiger partial charge in [-0.1, -0.05) is 0 Å². The van der Waals surface area contributed by atoms with Crippen LogP contribution in [0.4, 0.5) is 0 Å². The topological polar surface area (TPSA) is 16.1 Å². The third-order valence-corrected chi connectivity index (χ3v) is 4.50. The number of rotatable bonds is 3. The van der Waals surface area contributed by atoms with Crippen molar-refractivity contribution in [1.82, 2.24) is 9.88 Å². The fraction of sp³-hybridized carbons (Fsp3) is 0.750. The van der Waals surface area contributed by atoms with E-state index in [1.165, 1.54) is 10.6 Å². The van der Waals surface area contributed by atoms with Crippen LogP contribution in [0.25, 0.3) is 0 Å². The summed E-state index contributed by atoms with van der Waals surface area (Å²) in [5, 5.41) is 1.16. The zero-order valence-corrected chi connectivity index (χ0v) is 11.7. The lowest BCUT2D eigenvalue weighted by Crippen LogP contribution is -2.42. The maximum Gasteiger partial charge on any atom is 0.0900 e. The van der Waals surface area contributed by atoms with Crippen molar-refractivity contribution in [1.29, 1.82) is 0 Å². The van der Waals surface area contributed by atoms with Crippen LogP contribution in [0.2, 0.25) is 0 Å². The van der Waals surface area contributed by atoms with Crippen molar-refractivity contribution in [3.8, 4) is 0 Å². The summed E-state index contributed by atoms with van der Waals surface area (Å²) in [6.45, 7) is 13.2. The van der Waals surface area contributed by atoms with E-state index in [0.717, 1.165) is 5.01 Å². The normalized spacial score (nSPS) is 12.9. The fourth-order valence-corrected chi connectivity index (χ4v) is 2.97. The predicted octanol–water partition coefficient (Wildman–Crippen LogP) is 3.34. The molecule has 0 aliphatic carbocycles. The molecule has 0 aromatic carbocycles. The number of aromatic nitrogens is 1. The molecule has 3 heteroatoms. The van der Waals surface area contributed by atoms with Crippen molar-refractivity contribution >= 4 is 11.3 Å². The van der Waals surface area contributed by atoms with Gasteiger partial charge in [0.15, 0.2) is 0 Å². The first-order valence-corrected chi connectivity index (χ1v) is 6.26. The van der Waals surface area contributed by atoms with E-state index in [1.54, 1.807) is 0 Å². The van der Waals surface area contributed by atoms with Crippen LogP contribution in [-0.4, -0.2) is 23.0 Å². The number of aryl methyl sites for hydroxylation is 2. The molecule has 0 atom stereocenters. The highest BCUT2D eigenvalue weighted by Crippen LogP contribution is 2.34. The summed E-state index contributed by atoms with van der Waals surface area (Å²) in [4.78, 5) is 8.29. The summed E-state index contributed by atoms with van der Waals surface area (Å²) >= 11 is 1.81. The zero-order valence-electron chi connectivity index (χ0n) is 10.9. The van der Waals surface area contributed by atoms with E-state index in [2.05, 4.69) is 58.5 Å². The summed E-state index contributed by atoms with van der Waals surface area (Å²) < 4.78 is 0. The molecule has 0 spiro atoms. The van der Waals surface area contributed by atoms with E-state index in [4.69, 9.17) is 0 Å². The largest absolute Gasteiger partial charge is 0.294 e. The Bertz CT molecular complexity index is 339. The SMILES string of the molecule is Cc1nc(C)c(C(C)(C)N(C)C(C)C)s1. The Kier molecular flexibility index (Phi) is 3.56. The Morgan fingerprint density at radius 1 is 1.27 bits per heavy atom. The molecule has 1 aromatic heterocycles. The van der Waals surface area contributed by atoms with Gasteiger partial charge in [0.25, 0.3) is 0 Å². The van der Waals surface area contributed by atoms with Gasteiger partial charge in [-0.2, -0.15) is 0 Å². The van der Waals surface area contributed by atoms with Crippen LogP contribution in [0.15, 0.2) is 0 Å². The lowest BCUT2D eigenvalue weighted by molar-refractivity contribution is 0.121. The number of hydrogen-bond donors (Lipinski definition) is 0. The van der Waals surface area contributed by atoms with Crippen LogP contribution in [0.5, 0.6) is 0 Å². The first kappa shape index (κ1) is 12.7. The fourth-order valence-electron chi connectivity index (χ4n) is 1.90. The Morgan fingerprint density at radius 3 is 2.13 bits per heavy atom. The average Bonchev–Trinajstić information content (AvgIpc) is 2.44. The molecule has 0 radical (unpaired) electrons. The van der Waals surface area contributed by atoms with Crippen molar-refractivity contribution in [3.05, 3.63) is 15.6 Å². The standard InChI is InChI=1S/C12H22N2S/c1-8(2)14(7)12(5,6)11-9(3)13-10(4)15-11/h8H,1-7H3. The first-order chi connectivity index (χ1) is 6.76. The minimum absolute atomic E-state index is 0.0736. The summed E-state index contributed by atoms with van der Waals surface area (Å²) in [6.07, 6.45) is 0. The smallest absolute Gasteiger partial charge is 0.0900 e. The second kappa shape index (κ2) is 4.22. The van der Waals surface area contributed by atoms with Crippen molar-refractivity contribution in [2.45, 2.75) is 53.1 Å². The van der Waals surface area contributed by atoms with Gasteiger partial charge in [0.1, 0.15) is 0 Å². The molecule has 0 saturated carbocycles. The van der Waals surface area contributed by atoms with Crippen LogP contribution in [0.3, 0.4) is 0 Å². The van der Waals surface area contributed by atoms with E-state index >= 15 is 0 Å². The van der Waals surface area contributed by atoms with Crippen LogP contribution in [0.1, 0.15) is 43.3 Å².